The second-order valence-corrected chi connectivity index (χ2v) is 9.51. The first-order chi connectivity index (χ1) is 16.0. The Morgan fingerprint density at radius 3 is 2.91 bits per heavy atom. The molecule has 1 atom stereocenters. The standard InChI is InChI=1S/C25H23N3O4S/c1-15-8-9-17-21(13-15)33-25(23(17)24(31)20-7-4-12-32-20)27-22(30)10-11-28-18-6-3-2-5-16(18)19(29)14-26-28/h2-7,12,14-15H,8-11,13H2,1H3,(H,27,30). The molecular formula is C25H23N3O4S. The minimum atomic E-state index is -0.209. The lowest BCUT2D eigenvalue weighted by atomic mass is 9.87. The van der Waals surface area contributed by atoms with Gasteiger partial charge in [-0.15, -0.1) is 11.3 Å². The normalized spacial score (nSPS) is 15.4. The zero-order valence-corrected chi connectivity index (χ0v) is 19.0. The van der Waals surface area contributed by atoms with Gasteiger partial charge in [0.05, 0.1) is 30.1 Å². The molecule has 168 valence electrons. The van der Waals surface area contributed by atoms with E-state index in [2.05, 4.69) is 17.3 Å². The average Bonchev–Trinajstić information content (AvgIpc) is 3.46. The largest absolute Gasteiger partial charge is 0.461 e. The van der Waals surface area contributed by atoms with E-state index < -0.39 is 0 Å². The Balaban J connectivity index is 1.39. The minimum Gasteiger partial charge on any atom is -0.461 e. The van der Waals surface area contributed by atoms with Crippen molar-refractivity contribution in [1.82, 2.24) is 9.78 Å². The van der Waals surface area contributed by atoms with Crippen LogP contribution in [0.3, 0.4) is 0 Å². The highest BCUT2D eigenvalue weighted by Crippen LogP contribution is 2.40. The van der Waals surface area contributed by atoms with Crippen LogP contribution in [0.1, 0.15) is 46.3 Å². The SMILES string of the molecule is CC1CCc2c(sc(NC(=O)CCn3ncc(=O)c4ccccc43)c2C(=O)c2ccco2)C1. The molecule has 1 aliphatic rings. The minimum absolute atomic E-state index is 0.147. The molecule has 0 spiro atoms. The van der Waals surface area contributed by atoms with E-state index in [0.717, 1.165) is 29.7 Å². The molecular weight excluding hydrogens is 438 g/mol. The number of ketones is 1. The van der Waals surface area contributed by atoms with Crippen LogP contribution in [0.5, 0.6) is 0 Å². The van der Waals surface area contributed by atoms with Gasteiger partial charge < -0.3 is 9.73 Å². The molecule has 1 amide bonds. The van der Waals surface area contributed by atoms with Crippen molar-refractivity contribution in [2.75, 3.05) is 5.32 Å². The van der Waals surface area contributed by atoms with Crippen LogP contribution in [0.25, 0.3) is 10.9 Å². The molecule has 0 radical (unpaired) electrons. The molecule has 1 unspecified atom stereocenters. The smallest absolute Gasteiger partial charge is 0.231 e. The summed E-state index contributed by atoms with van der Waals surface area (Å²) in [7, 11) is 0. The number of hydrogen-bond donors (Lipinski definition) is 1. The highest BCUT2D eigenvalue weighted by atomic mass is 32.1. The van der Waals surface area contributed by atoms with Gasteiger partial charge in [-0.2, -0.15) is 5.10 Å². The summed E-state index contributed by atoms with van der Waals surface area (Å²) in [5.41, 5.74) is 2.12. The maximum Gasteiger partial charge on any atom is 0.231 e. The van der Waals surface area contributed by atoms with Gasteiger partial charge >= 0.3 is 0 Å². The molecule has 0 bridgehead atoms. The predicted octanol–water partition coefficient (Wildman–Crippen LogP) is 4.44. The molecule has 5 rings (SSSR count). The Morgan fingerprint density at radius 1 is 1.24 bits per heavy atom. The van der Waals surface area contributed by atoms with Crippen LogP contribution in [-0.2, 0) is 24.2 Å². The number of nitrogens with one attached hydrogen (secondary N) is 1. The highest BCUT2D eigenvalue weighted by molar-refractivity contribution is 7.17. The molecule has 7 nitrogen and oxygen atoms in total. The van der Waals surface area contributed by atoms with E-state index in [1.807, 2.05) is 12.1 Å². The number of aromatic nitrogens is 2. The van der Waals surface area contributed by atoms with E-state index >= 15 is 0 Å². The summed E-state index contributed by atoms with van der Waals surface area (Å²) in [4.78, 5) is 39.3. The van der Waals surface area contributed by atoms with E-state index in [0.29, 0.717) is 33.9 Å². The van der Waals surface area contributed by atoms with Gasteiger partial charge in [0, 0.05) is 16.7 Å². The zero-order valence-electron chi connectivity index (χ0n) is 18.2. The summed E-state index contributed by atoms with van der Waals surface area (Å²) in [5.74, 6) is 0.412. The summed E-state index contributed by atoms with van der Waals surface area (Å²) in [6, 6.07) is 10.5. The van der Waals surface area contributed by atoms with Crippen LogP contribution in [0.15, 0.2) is 58.1 Å². The van der Waals surface area contributed by atoms with Crippen LogP contribution in [0, 0.1) is 5.92 Å². The average molecular weight is 462 g/mol. The number of para-hydroxylation sites is 1. The van der Waals surface area contributed by atoms with Gasteiger partial charge in [0.25, 0.3) is 0 Å². The molecule has 0 saturated heterocycles. The van der Waals surface area contributed by atoms with Crippen molar-refractivity contribution in [3.05, 3.63) is 80.8 Å². The number of carbonyl (C=O) groups excluding carboxylic acids is 2. The first-order valence-electron chi connectivity index (χ1n) is 11.0. The number of carbonyl (C=O) groups is 2. The number of amides is 1. The Morgan fingerprint density at radius 2 is 2.09 bits per heavy atom. The quantitative estimate of drug-likeness (QED) is 0.429. The van der Waals surface area contributed by atoms with Crippen molar-refractivity contribution in [2.45, 2.75) is 39.2 Å². The number of nitrogens with zero attached hydrogens (tertiary/aromatic N) is 2. The zero-order chi connectivity index (χ0) is 22.9. The molecule has 0 aliphatic heterocycles. The molecule has 0 fully saturated rings. The van der Waals surface area contributed by atoms with Gasteiger partial charge in [-0.05, 0) is 55.0 Å². The Labute approximate surface area is 194 Å². The van der Waals surface area contributed by atoms with Gasteiger partial charge in [0.2, 0.25) is 17.1 Å². The fourth-order valence-electron chi connectivity index (χ4n) is 4.35. The van der Waals surface area contributed by atoms with Crippen LogP contribution in [0.4, 0.5) is 5.00 Å². The lowest BCUT2D eigenvalue weighted by Crippen LogP contribution is -2.19. The maximum absolute atomic E-state index is 13.2. The summed E-state index contributed by atoms with van der Waals surface area (Å²) in [6.07, 6.45) is 5.65. The monoisotopic (exact) mass is 461 g/mol. The molecule has 1 N–H and O–H groups in total. The van der Waals surface area contributed by atoms with Crippen LogP contribution < -0.4 is 10.7 Å². The number of hydrogen-bond acceptors (Lipinski definition) is 6. The molecule has 1 aliphatic carbocycles. The molecule has 1 aromatic carbocycles. The number of fused-ring (bicyclic) bond motifs is 2. The number of benzene rings is 1. The van der Waals surface area contributed by atoms with Gasteiger partial charge in [-0.25, -0.2) is 0 Å². The van der Waals surface area contributed by atoms with Crippen LogP contribution in [0.2, 0.25) is 0 Å². The molecule has 0 saturated carbocycles. The second-order valence-electron chi connectivity index (χ2n) is 8.41. The van der Waals surface area contributed by atoms with Gasteiger partial charge in [-0.3, -0.25) is 19.1 Å². The Kier molecular flexibility index (Phi) is 5.68. The highest BCUT2D eigenvalue weighted by Gasteiger charge is 2.29. The first-order valence-corrected chi connectivity index (χ1v) is 11.8. The first kappa shape index (κ1) is 21.3. The molecule has 8 heteroatoms. The predicted molar refractivity (Wildman–Crippen MR) is 127 cm³/mol. The number of aryl methyl sites for hydroxylation is 1. The fourth-order valence-corrected chi connectivity index (χ4v) is 5.77. The summed E-state index contributed by atoms with van der Waals surface area (Å²) >= 11 is 1.49. The lowest BCUT2D eigenvalue weighted by molar-refractivity contribution is -0.116. The second kappa shape index (κ2) is 8.78. The Bertz CT molecular complexity index is 1400. The van der Waals surface area contributed by atoms with E-state index in [-0.39, 0.29) is 29.3 Å². The molecule has 3 aromatic heterocycles. The van der Waals surface area contributed by atoms with Crippen molar-refractivity contribution in [3.8, 4) is 0 Å². The fraction of sp³-hybridized carbons (Fsp3) is 0.280. The van der Waals surface area contributed by atoms with Crippen molar-refractivity contribution in [2.24, 2.45) is 5.92 Å². The van der Waals surface area contributed by atoms with Crippen molar-refractivity contribution >= 4 is 38.9 Å². The van der Waals surface area contributed by atoms with Crippen molar-refractivity contribution in [1.29, 1.82) is 0 Å². The summed E-state index contributed by atoms with van der Waals surface area (Å²) in [6.45, 7) is 2.52. The maximum atomic E-state index is 13.2. The van der Waals surface area contributed by atoms with E-state index in [9.17, 15) is 14.4 Å². The van der Waals surface area contributed by atoms with Crippen LogP contribution in [-0.4, -0.2) is 21.5 Å². The topological polar surface area (TPSA) is 94.2 Å². The van der Waals surface area contributed by atoms with E-state index in [4.69, 9.17) is 4.42 Å². The van der Waals surface area contributed by atoms with Gasteiger partial charge in [0.1, 0.15) is 5.00 Å². The van der Waals surface area contributed by atoms with Crippen LogP contribution >= 0.6 is 11.3 Å². The van der Waals surface area contributed by atoms with E-state index in [1.54, 1.807) is 28.9 Å². The van der Waals surface area contributed by atoms with Gasteiger partial charge in [-0.1, -0.05) is 19.1 Å². The number of anilines is 1. The lowest BCUT2D eigenvalue weighted by Gasteiger charge is -2.18. The summed E-state index contributed by atoms with van der Waals surface area (Å²) < 4.78 is 7.01. The number of furan rings is 1. The van der Waals surface area contributed by atoms with Crippen molar-refractivity contribution in [3.63, 3.8) is 0 Å². The third kappa shape index (κ3) is 4.14. The third-order valence-corrected chi connectivity index (χ3v) is 7.22. The molecule has 33 heavy (non-hydrogen) atoms. The Hall–Kier alpha value is -3.52. The third-order valence-electron chi connectivity index (χ3n) is 6.05. The molecule has 3 heterocycles. The number of thiophene rings is 1. The molecule has 4 aromatic rings. The summed E-state index contributed by atoms with van der Waals surface area (Å²) in [5, 5.41) is 8.31. The van der Waals surface area contributed by atoms with Crippen molar-refractivity contribution < 1.29 is 14.0 Å². The van der Waals surface area contributed by atoms with E-state index in [1.165, 1.54) is 23.8 Å². The van der Waals surface area contributed by atoms with Gasteiger partial charge in [0.15, 0.2) is 5.76 Å². The number of rotatable bonds is 6.